The number of anilines is 2. The quantitative estimate of drug-likeness (QED) is 0.282. The highest BCUT2D eigenvalue weighted by molar-refractivity contribution is 5.76. The molecule has 2 fully saturated rings. The zero-order chi connectivity index (χ0) is 29.8. The summed E-state index contributed by atoms with van der Waals surface area (Å²) in [4.78, 5) is 20.7. The van der Waals surface area contributed by atoms with E-state index in [1.54, 1.807) is 15.9 Å². The van der Waals surface area contributed by atoms with Crippen molar-refractivity contribution in [3.8, 4) is 0 Å². The molecular weight excluding hydrogens is 556 g/mol. The van der Waals surface area contributed by atoms with Gasteiger partial charge in [0.15, 0.2) is 0 Å². The van der Waals surface area contributed by atoms with E-state index in [1.807, 2.05) is 0 Å². The molecule has 1 aromatic carbocycles. The van der Waals surface area contributed by atoms with E-state index in [0.29, 0.717) is 83.9 Å². The Morgan fingerprint density at radius 2 is 1.56 bits per heavy atom. The summed E-state index contributed by atoms with van der Waals surface area (Å²) in [6.07, 6.45) is -5.07. The Balaban J connectivity index is 1.26. The van der Waals surface area contributed by atoms with Crippen molar-refractivity contribution in [3.05, 3.63) is 47.2 Å². The number of hydroxylamine groups is 1. The second-order valence-corrected chi connectivity index (χ2v) is 10.4. The molecule has 1 aliphatic carbocycles. The van der Waals surface area contributed by atoms with Crippen LogP contribution in [-0.4, -0.2) is 103 Å². The average molecular weight is 592 g/mol. The Kier molecular flexibility index (Phi) is 9.75. The number of carbonyl (C=O) groups excluding carboxylic acids is 1. The van der Waals surface area contributed by atoms with Crippen LogP contribution in [0.1, 0.15) is 31.2 Å². The molecular formula is C27H35F6N5O3. The van der Waals surface area contributed by atoms with Gasteiger partial charge in [-0.15, -0.1) is 0 Å². The molecule has 0 unspecified atom stereocenters. The first kappa shape index (κ1) is 31.0. The predicted molar refractivity (Wildman–Crippen MR) is 140 cm³/mol. The van der Waals surface area contributed by atoms with Crippen molar-refractivity contribution in [2.75, 3.05) is 75.6 Å². The Hall–Kier alpha value is -2.97. The SMILES string of the molecule is O=C(CCN1CCN(C2=CC=C(C(F)(F)F)CC2)CC1)N1CCCN(c2ccc(N(O)CO)c(C(F)(F)F)c2)CC1. The fourth-order valence-corrected chi connectivity index (χ4v) is 5.47. The maximum absolute atomic E-state index is 13.6. The normalized spacial score (nSPS) is 19.6. The van der Waals surface area contributed by atoms with Gasteiger partial charge in [0.05, 0.1) is 11.3 Å². The van der Waals surface area contributed by atoms with E-state index in [9.17, 15) is 36.3 Å². The van der Waals surface area contributed by atoms with Gasteiger partial charge in [0, 0.05) is 82.3 Å². The third-order valence-corrected chi connectivity index (χ3v) is 7.82. The highest BCUT2D eigenvalue weighted by Crippen LogP contribution is 2.39. The molecule has 14 heteroatoms. The molecule has 3 aliphatic rings. The van der Waals surface area contributed by atoms with Gasteiger partial charge >= 0.3 is 12.4 Å². The molecule has 4 rings (SSSR count). The van der Waals surface area contributed by atoms with Gasteiger partial charge in [-0.05, 0) is 43.5 Å². The minimum atomic E-state index is -4.73. The van der Waals surface area contributed by atoms with Crippen LogP contribution in [0, 0.1) is 0 Å². The van der Waals surface area contributed by atoms with Crippen LogP contribution in [0.5, 0.6) is 0 Å². The van der Waals surface area contributed by atoms with E-state index in [-0.39, 0.29) is 17.4 Å². The molecule has 0 aromatic heterocycles. The second kappa shape index (κ2) is 12.9. The topological polar surface area (TPSA) is 73.7 Å². The van der Waals surface area contributed by atoms with E-state index < -0.39 is 35.9 Å². The third-order valence-electron chi connectivity index (χ3n) is 7.82. The molecule has 41 heavy (non-hydrogen) atoms. The van der Waals surface area contributed by atoms with Gasteiger partial charge in [-0.1, -0.05) is 6.08 Å². The molecule has 1 amide bonds. The van der Waals surface area contributed by atoms with Crippen LogP contribution in [0.15, 0.2) is 41.6 Å². The fraction of sp³-hybridized carbons (Fsp3) is 0.593. The van der Waals surface area contributed by atoms with Crippen molar-refractivity contribution in [3.63, 3.8) is 0 Å². The first-order valence-corrected chi connectivity index (χ1v) is 13.6. The first-order chi connectivity index (χ1) is 19.4. The number of nitrogens with zero attached hydrogens (tertiary/aromatic N) is 5. The highest BCUT2D eigenvalue weighted by Gasteiger charge is 2.36. The molecule has 2 saturated heterocycles. The van der Waals surface area contributed by atoms with E-state index >= 15 is 0 Å². The van der Waals surface area contributed by atoms with Crippen LogP contribution in [-0.2, 0) is 11.0 Å². The van der Waals surface area contributed by atoms with Crippen LogP contribution < -0.4 is 9.96 Å². The number of piperazine rings is 1. The standard InChI is InChI=1S/C27H35F6N5O3/c28-26(29,30)20-2-4-21(5-3-20)36-14-12-34(13-15-36)11-8-25(40)37-10-1-9-35(16-17-37)22-6-7-24(38(41)19-39)23(18-22)27(31,32)33/h2,4,6-7,18,39,41H,1,3,5,8-17,19H2. The molecule has 0 spiro atoms. The maximum Gasteiger partial charge on any atom is 0.418 e. The van der Waals surface area contributed by atoms with E-state index in [1.165, 1.54) is 6.07 Å². The molecule has 1 aromatic rings. The largest absolute Gasteiger partial charge is 0.418 e. The number of benzene rings is 1. The Labute approximate surface area is 234 Å². The fourth-order valence-electron chi connectivity index (χ4n) is 5.47. The van der Waals surface area contributed by atoms with E-state index in [0.717, 1.165) is 23.9 Å². The number of hydrogen-bond acceptors (Lipinski definition) is 7. The average Bonchev–Trinajstić information content (AvgIpc) is 3.21. The van der Waals surface area contributed by atoms with Gasteiger partial charge in [-0.3, -0.25) is 14.9 Å². The number of aliphatic hydroxyl groups excluding tert-OH is 1. The lowest BCUT2D eigenvalue weighted by Gasteiger charge is -2.38. The smallest absolute Gasteiger partial charge is 0.374 e. The van der Waals surface area contributed by atoms with Crippen LogP contribution in [0.25, 0.3) is 0 Å². The van der Waals surface area contributed by atoms with Crippen molar-refractivity contribution in [2.24, 2.45) is 0 Å². The molecule has 8 nitrogen and oxygen atoms in total. The number of aliphatic hydroxyl groups is 1. The summed E-state index contributed by atoms with van der Waals surface area (Å²) >= 11 is 0. The Morgan fingerprint density at radius 3 is 2.17 bits per heavy atom. The Morgan fingerprint density at radius 1 is 0.854 bits per heavy atom. The highest BCUT2D eigenvalue weighted by atomic mass is 19.4. The zero-order valence-corrected chi connectivity index (χ0v) is 22.6. The number of hydrogen-bond donors (Lipinski definition) is 2. The molecule has 0 radical (unpaired) electrons. The van der Waals surface area contributed by atoms with Gasteiger partial charge in [0.25, 0.3) is 0 Å². The summed E-state index contributed by atoms with van der Waals surface area (Å²) in [7, 11) is 0. The third kappa shape index (κ3) is 7.86. The molecule has 2 N–H and O–H groups in total. The minimum absolute atomic E-state index is 0.0168. The summed E-state index contributed by atoms with van der Waals surface area (Å²) in [5.74, 6) is -0.0284. The second-order valence-electron chi connectivity index (χ2n) is 10.4. The van der Waals surface area contributed by atoms with Crippen molar-refractivity contribution < 1.29 is 41.5 Å². The molecule has 2 heterocycles. The van der Waals surface area contributed by atoms with Crippen LogP contribution in [0.3, 0.4) is 0 Å². The van der Waals surface area contributed by atoms with E-state index in [2.05, 4.69) is 9.80 Å². The molecule has 2 aliphatic heterocycles. The van der Waals surface area contributed by atoms with Crippen molar-refractivity contribution in [1.82, 2.24) is 14.7 Å². The van der Waals surface area contributed by atoms with Crippen LogP contribution in [0.2, 0.25) is 0 Å². The number of amides is 1. The monoisotopic (exact) mass is 591 g/mol. The van der Waals surface area contributed by atoms with Crippen molar-refractivity contribution in [2.45, 2.75) is 38.0 Å². The van der Waals surface area contributed by atoms with Crippen LogP contribution >= 0.6 is 0 Å². The first-order valence-electron chi connectivity index (χ1n) is 13.6. The van der Waals surface area contributed by atoms with Crippen molar-refractivity contribution >= 4 is 17.3 Å². The summed E-state index contributed by atoms with van der Waals surface area (Å²) in [5, 5.41) is 18.8. The number of rotatable bonds is 7. The molecule has 0 bridgehead atoms. The van der Waals surface area contributed by atoms with E-state index in [4.69, 9.17) is 5.11 Å². The maximum atomic E-state index is 13.6. The number of halogens is 6. The summed E-state index contributed by atoms with van der Waals surface area (Å²) in [6, 6.07) is 3.51. The van der Waals surface area contributed by atoms with Crippen LogP contribution in [0.4, 0.5) is 37.7 Å². The van der Waals surface area contributed by atoms with Gasteiger partial charge in [0.2, 0.25) is 5.91 Å². The minimum Gasteiger partial charge on any atom is -0.374 e. The van der Waals surface area contributed by atoms with Gasteiger partial charge < -0.3 is 19.8 Å². The predicted octanol–water partition coefficient (Wildman–Crippen LogP) is 4.06. The number of allylic oxidation sites excluding steroid dienone is 4. The summed E-state index contributed by atoms with van der Waals surface area (Å²) in [6.45, 7) is 4.00. The molecule has 0 atom stereocenters. The van der Waals surface area contributed by atoms with Gasteiger partial charge in [0.1, 0.15) is 6.73 Å². The molecule has 228 valence electrons. The summed E-state index contributed by atoms with van der Waals surface area (Å²) in [5.41, 5.74) is -0.889. The Bertz CT molecular complexity index is 1130. The number of alkyl halides is 6. The molecule has 0 saturated carbocycles. The summed E-state index contributed by atoms with van der Waals surface area (Å²) < 4.78 is 79.4. The van der Waals surface area contributed by atoms with Crippen molar-refractivity contribution in [1.29, 1.82) is 0 Å². The lowest BCUT2D eigenvalue weighted by Crippen LogP contribution is -2.47. The van der Waals surface area contributed by atoms with Gasteiger partial charge in [-0.2, -0.15) is 26.3 Å². The number of carbonyl (C=O) groups is 1. The lowest BCUT2D eigenvalue weighted by atomic mass is 10.0. The lowest BCUT2D eigenvalue weighted by molar-refractivity contribution is -0.137. The van der Waals surface area contributed by atoms with Gasteiger partial charge in [-0.25, -0.2) is 5.06 Å². The zero-order valence-electron chi connectivity index (χ0n) is 22.6.